The van der Waals surface area contributed by atoms with Crippen LogP contribution < -0.4 is 11.1 Å². The Kier molecular flexibility index (Phi) is 4.32. The van der Waals surface area contributed by atoms with E-state index in [1.165, 1.54) is 0 Å². The van der Waals surface area contributed by atoms with E-state index < -0.39 is 5.92 Å². The molecule has 0 fully saturated rings. The van der Waals surface area contributed by atoms with Crippen molar-refractivity contribution in [1.82, 2.24) is 0 Å². The zero-order valence-electron chi connectivity index (χ0n) is 9.05. The third-order valence-corrected chi connectivity index (χ3v) is 2.24. The number of nitrogens with two attached hydrogens (primary N) is 1. The fraction of sp³-hybridized carbons (Fsp3) is 0.273. The molecule has 0 aliphatic heterocycles. The molecule has 86 valence electrons. The Balaban J connectivity index is 2.71. The lowest BCUT2D eigenvalue weighted by Gasteiger charge is -2.13. The molecule has 0 saturated carbocycles. The number of amidine groups is 1. The zero-order chi connectivity index (χ0) is 12.0. The minimum atomic E-state index is -0.606. The van der Waals surface area contributed by atoms with Crippen LogP contribution in [0.2, 0.25) is 0 Å². The second kappa shape index (κ2) is 5.75. The Morgan fingerprint density at radius 1 is 1.50 bits per heavy atom. The molecule has 0 radical (unpaired) electrons. The minimum Gasteiger partial charge on any atom is -0.409 e. The molecule has 1 aromatic carbocycles. The van der Waals surface area contributed by atoms with Crippen LogP contribution >= 0.6 is 0 Å². The number of anilines is 1. The van der Waals surface area contributed by atoms with Gasteiger partial charge < -0.3 is 16.3 Å². The first-order valence-electron chi connectivity index (χ1n) is 5.02. The summed E-state index contributed by atoms with van der Waals surface area (Å²) in [7, 11) is 0. The van der Waals surface area contributed by atoms with Crippen LogP contribution in [-0.4, -0.2) is 17.0 Å². The van der Waals surface area contributed by atoms with Crippen LogP contribution in [0.1, 0.15) is 13.3 Å². The van der Waals surface area contributed by atoms with Gasteiger partial charge in [-0.2, -0.15) is 0 Å². The number of hydrogen-bond acceptors (Lipinski definition) is 3. The number of amides is 1. The monoisotopic (exact) mass is 221 g/mol. The van der Waals surface area contributed by atoms with Crippen LogP contribution in [0.5, 0.6) is 0 Å². The molecule has 0 heterocycles. The highest BCUT2D eigenvalue weighted by Gasteiger charge is 2.20. The summed E-state index contributed by atoms with van der Waals surface area (Å²) in [6, 6.07) is 9.05. The van der Waals surface area contributed by atoms with E-state index >= 15 is 0 Å². The van der Waals surface area contributed by atoms with Gasteiger partial charge in [-0.25, -0.2) is 0 Å². The summed E-state index contributed by atoms with van der Waals surface area (Å²) in [6.07, 6.45) is 0.481. The van der Waals surface area contributed by atoms with Crippen molar-refractivity contribution >= 4 is 17.4 Å². The van der Waals surface area contributed by atoms with Crippen molar-refractivity contribution in [1.29, 1.82) is 0 Å². The molecule has 1 aromatic rings. The Hall–Kier alpha value is -2.04. The van der Waals surface area contributed by atoms with Gasteiger partial charge in [-0.3, -0.25) is 4.79 Å². The molecule has 5 heteroatoms. The van der Waals surface area contributed by atoms with E-state index in [9.17, 15) is 4.79 Å². The number of nitrogens with one attached hydrogen (secondary N) is 1. The number of carbonyl (C=O) groups excluding carboxylic acids is 1. The van der Waals surface area contributed by atoms with Crippen LogP contribution in [-0.2, 0) is 4.79 Å². The molecule has 5 nitrogen and oxygen atoms in total. The Morgan fingerprint density at radius 2 is 2.12 bits per heavy atom. The normalized spacial score (nSPS) is 13.2. The molecule has 0 aliphatic rings. The average Bonchev–Trinajstić information content (AvgIpc) is 2.31. The average molecular weight is 221 g/mol. The summed E-state index contributed by atoms with van der Waals surface area (Å²) >= 11 is 0. The van der Waals surface area contributed by atoms with Crippen molar-refractivity contribution in [3.63, 3.8) is 0 Å². The molecular weight excluding hydrogens is 206 g/mol. The highest BCUT2D eigenvalue weighted by atomic mass is 16.4. The number of para-hydroxylation sites is 1. The Labute approximate surface area is 94.0 Å². The van der Waals surface area contributed by atoms with E-state index in [0.717, 1.165) is 0 Å². The smallest absolute Gasteiger partial charge is 0.235 e. The molecule has 1 atom stereocenters. The summed E-state index contributed by atoms with van der Waals surface area (Å²) in [5.41, 5.74) is 6.11. The largest absolute Gasteiger partial charge is 0.409 e. The topological polar surface area (TPSA) is 87.7 Å². The lowest BCUT2D eigenvalue weighted by molar-refractivity contribution is -0.118. The maximum Gasteiger partial charge on any atom is 0.235 e. The van der Waals surface area contributed by atoms with Crippen molar-refractivity contribution in [3.05, 3.63) is 30.3 Å². The first kappa shape index (κ1) is 12.0. The molecule has 1 rings (SSSR count). The number of rotatable bonds is 4. The van der Waals surface area contributed by atoms with Gasteiger partial charge in [-0.1, -0.05) is 30.3 Å². The van der Waals surface area contributed by atoms with Gasteiger partial charge in [-0.15, -0.1) is 0 Å². The zero-order valence-corrected chi connectivity index (χ0v) is 9.05. The Bertz CT molecular complexity index is 376. The molecule has 4 N–H and O–H groups in total. The van der Waals surface area contributed by atoms with Gasteiger partial charge in [0.15, 0.2) is 5.84 Å². The molecule has 0 bridgehead atoms. The van der Waals surface area contributed by atoms with Crippen molar-refractivity contribution < 1.29 is 10.0 Å². The van der Waals surface area contributed by atoms with Crippen LogP contribution in [0.15, 0.2) is 35.5 Å². The van der Waals surface area contributed by atoms with E-state index in [1.54, 1.807) is 19.1 Å². The highest BCUT2D eigenvalue weighted by molar-refractivity contribution is 6.07. The van der Waals surface area contributed by atoms with E-state index in [4.69, 9.17) is 10.9 Å². The molecule has 0 aromatic heterocycles. The number of benzene rings is 1. The number of hydrogen-bond donors (Lipinski definition) is 3. The minimum absolute atomic E-state index is 0.0732. The first-order chi connectivity index (χ1) is 7.69. The van der Waals surface area contributed by atoms with Crippen molar-refractivity contribution in [2.45, 2.75) is 13.3 Å². The summed E-state index contributed by atoms with van der Waals surface area (Å²) < 4.78 is 0. The maximum atomic E-state index is 11.8. The second-order valence-electron chi connectivity index (χ2n) is 3.34. The molecular formula is C11H15N3O2. The van der Waals surface area contributed by atoms with Gasteiger partial charge in [0.2, 0.25) is 5.91 Å². The van der Waals surface area contributed by atoms with Crippen molar-refractivity contribution in [2.24, 2.45) is 16.8 Å². The third-order valence-electron chi connectivity index (χ3n) is 2.24. The molecule has 0 saturated heterocycles. The summed E-state index contributed by atoms with van der Waals surface area (Å²) in [4.78, 5) is 11.8. The standard InChI is InChI=1S/C11H15N3O2/c1-2-9(10(12)14-16)11(15)13-8-6-4-3-5-7-8/h3-7,9,16H,2H2,1H3,(H2,12,14)(H,13,15). The van der Waals surface area contributed by atoms with E-state index in [2.05, 4.69) is 10.5 Å². The number of oxime groups is 1. The van der Waals surface area contributed by atoms with E-state index in [-0.39, 0.29) is 11.7 Å². The lowest BCUT2D eigenvalue weighted by atomic mass is 10.0. The van der Waals surface area contributed by atoms with Gasteiger partial charge in [0.05, 0.1) is 5.92 Å². The van der Waals surface area contributed by atoms with Crippen LogP contribution in [0.25, 0.3) is 0 Å². The molecule has 16 heavy (non-hydrogen) atoms. The first-order valence-corrected chi connectivity index (χ1v) is 5.02. The molecule has 0 spiro atoms. The van der Waals surface area contributed by atoms with Crippen LogP contribution in [0, 0.1) is 5.92 Å². The molecule has 1 amide bonds. The molecule has 0 aliphatic carbocycles. The fourth-order valence-electron chi connectivity index (χ4n) is 1.35. The van der Waals surface area contributed by atoms with Gasteiger partial charge in [0.25, 0.3) is 0 Å². The lowest BCUT2D eigenvalue weighted by Crippen LogP contribution is -2.34. The van der Waals surface area contributed by atoms with Crippen LogP contribution in [0.3, 0.4) is 0 Å². The maximum absolute atomic E-state index is 11.8. The second-order valence-corrected chi connectivity index (χ2v) is 3.34. The van der Waals surface area contributed by atoms with Gasteiger partial charge in [0, 0.05) is 5.69 Å². The fourth-order valence-corrected chi connectivity index (χ4v) is 1.35. The van der Waals surface area contributed by atoms with E-state index in [1.807, 2.05) is 18.2 Å². The van der Waals surface area contributed by atoms with Gasteiger partial charge in [-0.05, 0) is 18.6 Å². The predicted molar refractivity (Wildman–Crippen MR) is 62.3 cm³/mol. The van der Waals surface area contributed by atoms with Crippen molar-refractivity contribution in [2.75, 3.05) is 5.32 Å². The third kappa shape index (κ3) is 2.98. The number of carbonyl (C=O) groups is 1. The summed E-state index contributed by atoms with van der Waals surface area (Å²) in [5.74, 6) is -0.954. The summed E-state index contributed by atoms with van der Waals surface area (Å²) in [6.45, 7) is 1.80. The predicted octanol–water partition coefficient (Wildman–Crippen LogP) is 1.40. The van der Waals surface area contributed by atoms with E-state index in [0.29, 0.717) is 12.1 Å². The SMILES string of the molecule is CCC(C(=O)Nc1ccccc1)C(N)=NO. The quantitative estimate of drug-likeness (QED) is 0.311. The van der Waals surface area contributed by atoms with Gasteiger partial charge in [0.1, 0.15) is 0 Å². The highest BCUT2D eigenvalue weighted by Crippen LogP contribution is 2.10. The number of nitrogens with zero attached hydrogens (tertiary/aromatic N) is 1. The Morgan fingerprint density at radius 3 is 2.62 bits per heavy atom. The molecule has 1 unspecified atom stereocenters. The summed E-state index contributed by atoms with van der Waals surface area (Å²) in [5, 5.41) is 14.1. The van der Waals surface area contributed by atoms with Gasteiger partial charge >= 0.3 is 0 Å². The van der Waals surface area contributed by atoms with Crippen molar-refractivity contribution in [3.8, 4) is 0 Å². The van der Waals surface area contributed by atoms with Crippen LogP contribution in [0.4, 0.5) is 5.69 Å².